The third kappa shape index (κ3) is 4.65. The summed E-state index contributed by atoms with van der Waals surface area (Å²) >= 11 is 1.71. The molecule has 0 radical (unpaired) electrons. The fourth-order valence-corrected chi connectivity index (χ4v) is 3.89. The van der Waals surface area contributed by atoms with Crippen LogP contribution in [0.25, 0.3) is 0 Å². The minimum Gasteiger partial charge on any atom is -0.357 e. The molecule has 0 atom stereocenters. The largest absolute Gasteiger partial charge is 0.357 e. The smallest absolute Gasteiger partial charge is 0.191 e. The number of aryl methyl sites for hydroxylation is 1. The molecule has 2 N–H and O–H groups in total. The van der Waals surface area contributed by atoms with Crippen LogP contribution in [-0.4, -0.2) is 46.1 Å². The van der Waals surface area contributed by atoms with E-state index in [1.807, 2.05) is 0 Å². The summed E-state index contributed by atoms with van der Waals surface area (Å²) in [4.78, 5) is 4.69. The summed E-state index contributed by atoms with van der Waals surface area (Å²) in [7, 11) is 0. The fourth-order valence-electron chi connectivity index (χ4n) is 3.32. The zero-order valence-electron chi connectivity index (χ0n) is 14.9. The minimum absolute atomic E-state index is 0.606. The van der Waals surface area contributed by atoms with Crippen molar-refractivity contribution in [3.05, 3.63) is 5.82 Å². The second kappa shape index (κ2) is 8.74. The summed E-state index contributed by atoms with van der Waals surface area (Å²) in [6.07, 6.45) is 11.8. The van der Waals surface area contributed by atoms with Gasteiger partial charge in [-0.25, -0.2) is 0 Å². The van der Waals surface area contributed by atoms with Gasteiger partial charge in [0.2, 0.25) is 0 Å². The van der Waals surface area contributed by atoms with Crippen molar-refractivity contribution in [2.75, 3.05) is 19.3 Å². The fraction of sp³-hybridized carbons (Fsp3) is 0.824. The average molecular weight is 351 g/mol. The molecule has 0 spiro atoms. The molecule has 0 unspecified atom stereocenters. The van der Waals surface area contributed by atoms with Crippen LogP contribution >= 0.6 is 11.8 Å². The molecule has 2 saturated carbocycles. The monoisotopic (exact) mass is 350 g/mol. The van der Waals surface area contributed by atoms with Gasteiger partial charge in [-0.1, -0.05) is 24.6 Å². The van der Waals surface area contributed by atoms with Gasteiger partial charge in [-0.15, -0.1) is 10.2 Å². The van der Waals surface area contributed by atoms with Crippen molar-refractivity contribution in [1.82, 2.24) is 25.4 Å². The third-order valence-corrected chi connectivity index (χ3v) is 5.34. The minimum atomic E-state index is 0.606. The Kier molecular flexibility index (Phi) is 6.40. The number of nitrogens with one attached hydrogen (secondary N) is 2. The Balaban J connectivity index is 1.54. The van der Waals surface area contributed by atoms with Crippen LogP contribution in [0.4, 0.5) is 0 Å². The van der Waals surface area contributed by atoms with Gasteiger partial charge >= 0.3 is 0 Å². The van der Waals surface area contributed by atoms with Crippen LogP contribution in [0.1, 0.15) is 63.7 Å². The van der Waals surface area contributed by atoms with Gasteiger partial charge in [-0.05, 0) is 45.3 Å². The van der Waals surface area contributed by atoms with E-state index in [2.05, 4.69) is 38.6 Å². The van der Waals surface area contributed by atoms with Crippen LogP contribution in [0.15, 0.2) is 10.1 Å². The van der Waals surface area contributed by atoms with Crippen molar-refractivity contribution >= 4 is 17.7 Å². The van der Waals surface area contributed by atoms with Gasteiger partial charge in [0.1, 0.15) is 5.82 Å². The van der Waals surface area contributed by atoms with Gasteiger partial charge in [0, 0.05) is 31.6 Å². The van der Waals surface area contributed by atoms with E-state index in [1.165, 1.54) is 38.5 Å². The molecule has 24 heavy (non-hydrogen) atoms. The molecule has 0 saturated heterocycles. The topological polar surface area (TPSA) is 67.1 Å². The lowest BCUT2D eigenvalue weighted by Gasteiger charge is -2.16. The molecular formula is C17H30N6S. The van der Waals surface area contributed by atoms with Crippen molar-refractivity contribution in [3.63, 3.8) is 0 Å². The van der Waals surface area contributed by atoms with Gasteiger partial charge in [0.25, 0.3) is 0 Å². The Labute approximate surface area is 149 Å². The quantitative estimate of drug-likeness (QED) is 0.327. The predicted molar refractivity (Wildman–Crippen MR) is 99.8 cm³/mol. The van der Waals surface area contributed by atoms with Crippen molar-refractivity contribution < 1.29 is 0 Å². The van der Waals surface area contributed by atoms with Gasteiger partial charge in [-0.3, -0.25) is 4.99 Å². The summed E-state index contributed by atoms with van der Waals surface area (Å²) in [6, 6.07) is 1.24. The zero-order chi connectivity index (χ0) is 16.8. The van der Waals surface area contributed by atoms with E-state index in [9.17, 15) is 0 Å². The average Bonchev–Trinajstić information content (AvgIpc) is 3.09. The summed E-state index contributed by atoms with van der Waals surface area (Å²) in [5, 5.41) is 16.7. The normalized spacial score (nSPS) is 19.0. The first-order valence-electron chi connectivity index (χ1n) is 9.34. The number of hydrogen-bond acceptors (Lipinski definition) is 4. The molecule has 0 aromatic carbocycles. The van der Waals surface area contributed by atoms with Gasteiger partial charge in [0.15, 0.2) is 11.1 Å². The van der Waals surface area contributed by atoms with Crippen LogP contribution in [0.3, 0.4) is 0 Å². The Morgan fingerprint density at radius 3 is 2.71 bits per heavy atom. The molecule has 134 valence electrons. The molecule has 3 rings (SSSR count). The Morgan fingerprint density at radius 2 is 2.04 bits per heavy atom. The maximum absolute atomic E-state index is 4.69. The first-order valence-corrected chi connectivity index (χ1v) is 10.6. The third-order valence-electron chi connectivity index (χ3n) is 4.70. The van der Waals surface area contributed by atoms with Crippen LogP contribution < -0.4 is 10.6 Å². The Hall–Kier alpha value is -1.24. The Morgan fingerprint density at radius 1 is 1.25 bits per heavy atom. The van der Waals surface area contributed by atoms with Crippen molar-refractivity contribution in [3.8, 4) is 0 Å². The second-order valence-corrected chi connectivity index (χ2v) is 7.47. The molecule has 2 aliphatic rings. The van der Waals surface area contributed by atoms with Crippen LogP contribution in [0, 0.1) is 0 Å². The Bertz CT molecular complexity index is 545. The number of aliphatic imine (C=N–C) groups is 1. The molecule has 1 aromatic rings. The maximum Gasteiger partial charge on any atom is 0.191 e. The highest BCUT2D eigenvalue weighted by Crippen LogP contribution is 2.33. The lowest BCUT2D eigenvalue weighted by molar-refractivity contribution is 0.461. The molecule has 0 aliphatic heterocycles. The van der Waals surface area contributed by atoms with Gasteiger partial charge in [-0.2, -0.15) is 0 Å². The molecule has 1 heterocycles. The SMILES string of the molecule is CCNC(=NCCCc1nnc(SC)n1C1CCCC1)NC1CC1. The van der Waals surface area contributed by atoms with Crippen molar-refractivity contribution in [2.45, 2.75) is 75.5 Å². The summed E-state index contributed by atoms with van der Waals surface area (Å²) in [5.74, 6) is 2.10. The van der Waals surface area contributed by atoms with Crippen LogP contribution in [-0.2, 0) is 6.42 Å². The highest BCUT2D eigenvalue weighted by Gasteiger charge is 2.23. The number of hydrogen-bond donors (Lipinski definition) is 2. The number of guanidine groups is 1. The highest BCUT2D eigenvalue weighted by atomic mass is 32.2. The van der Waals surface area contributed by atoms with E-state index in [1.54, 1.807) is 11.8 Å². The van der Waals surface area contributed by atoms with Gasteiger partial charge in [0.05, 0.1) is 0 Å². The lowest BCUT2D eigenvalue weighted by atomic mass is 10.2. The van der Waals surface area contributed by atoms with Crippen LogP contribution in [0.5, 0.6) is 0 Å². The van der Waals surface area contributed by atoms with E-state index < -0.39 is 0 Å². The number of thioether (sulfide) groups is 1. The molecule has 0 amide bonds. The van der Waals surface area contributed by atoms with E-state index in [-0.39, 0.29) is 0 Å². The molecule has 1 aromatic heterocycles. The standard InChI is InChI=1S/C17H30N6S/c1-3-18-16(20-13-10-11-13)19-12-6-9-15-21-22-17(24-2)23(15)14-7-4-5-8-14/h13-14H,3-12H2,1-2H3,(H2,18,19,20). The van der Waals surface area contributed by atoms with Crippen molar-refractivity contribution in [2.24, 2.45) is 4.99 Å². The number of aromatic nitrogens is 3. The zero-order valence-corrected chi connectivity index (χ0v) is 15.7. The van der Waals surface area contributed by atoms with E-state index >= 15 is 0 Å². The first kappa shape index (κ1) is 17.6. The van der Waals surface area contributed by atoms with E-state index in [0.29, 0.717) is 12.1 Å². The second-order valence-electron chi connectivity index (χ2n) is 6.69. The summed E-state index contributed by atoms with van der Waals surface area (Å²) in [6.45, 7) is 3.85. The lowest BCUT2D eigenvalue weighted by Crippen LogP contribution is -2.38. The molecule has 6 nitrogen and oxygen atoms in total. The predicted octanol–water partition coefficient (Wildman–Crippen LogP) is 2.77. The molecule has 2 aliphatic carbocycles. The summed E-state index contributed by atoms with van der Waals surface area (Å²) in [5.41, 5.74) is 0. The molecule has 7 heteroatoms. The van der Waals surface area contributed by atoms with E-state index in [0.717, 1.165) is 42.9 Å². The van der Waals surface area contributed by atoms with Crippen molar-refractivity contribution in [1.29, 1.82) is 0 Å². The first-order chi connectivity index (χ1) is 11.8. The summed E-state index contributed by atoms with van der Waals surface area (Å²) < 4.78 is 2.40. The number of rotatable bonds is 8. The van der Waals surface area contributed by atoms with Gasteiger partial charge < -0.3 is 15.2 Å². The molecule has 0 bridgehead atoms. The molecular weight excluding hydrogens is 320 g/mol. The maximum atomic E-state index is 4.69. The molecule has 2 fully saturated rings. The highest BCUT2D eigenvalue weighted by molar-refractivity contribution is 7.98. The van der Waals surface area contributed by atoms with Crippen LogP contribution in [0.2, 0.25) is 0 Å². The van der Waals surface area contributed by atoms with E-state index in [4.69, 9.17) is 4.99 Å². The number of nitrogens with zero attached hydrogens (tertiary/aromatic N) is 4.